The molecule has 4 nitrogen and oxygen atoms in total. The lowest BCUT2D eigenvalue weighted by Gasteiger charge is -2.29. The lowest BCUT2D eigenvalue weighted by atomic mass is 9.94. The Morgan fingerprint density at radius 1 is 1.12 bits per heavy atom. The normalized spacial score (nSPS) is 17.3. The van der Waals surface area contributed by atoms with Crippen LogP contribution in [-0.2, 0) is 12.6 Å². The molecule has 0 saturated carbocycles. The van der Waals surface area contributed by atoms with E-state index in [2.05, 4.69) is 27.6 Å². The van der Waals surface area contributed by atoms with Crippen LogP contribution in [-0.4, -0.2) is 51.1 Å². The molecule has 7 heteroatoms. The third-order valence-electron chi connectivity index (χ3n) is 4.89. The van der Waals surface area contributed by atoms with Gasteiger partial charge in [0.2, 0.25) is 0 Å². The maximum Gasteiger partial charge on any atom is 0.416 e. The lowest BCUT2D eigenvalue weighted by Crippen LogP contribution is -2.39. The molecule has 1 aromatic carbocycles. The van der Waals surface area contributed by atoms with Crippen LogP contribution in [0.15, 0.2) is 29.3 Å². The summed E-state index contributed by atoms with van der Waals surface area (Å²) in [4.78, 5) is 6.56. The van der Waals surface area contributed by atoms with Crippen LogP contribution in [0.25, 0.3) is 0 Å². The predicted molar refractivity (Wildman–Crippen MR) is 99.4 cm³/mol. The Balaban J connectivity index is 1.65. The quantitative estimate of drug-likeness (QED) is 0.597. The van der Waals surface area contributed by atoms with E-state index in [1.165, 1.54) is 38.1 Å². The van der Waals surface area contributed by atoms with Crippen LogP contribution in [0.2, 0.25) is 0 Å². The maximum atomic E-state index is 12.6. The summed E-state index contributed by atoms with van der Waals surface area (Å²) in [6.07, 6.45) is -0.00596. The van der Waals surface area contributed by atoms with E-state index in [9.17, 15) is 13.2 Å². The first-order chi connectivity index (χ1) is 12.4. The number of rotatable bonds is 6. The summed E-state index contributed by atoms with van der Waals surface area (Å²) in [5, 5.41) is 6.54. The third kappa shape index (κ3) is 6.86. The highest BCUT2D eigenvalue weighted by molar-refractivity contribution is 5.79. The smallest absolute Gasteiger partial charge is 0.356 e. The topological polar surface area (TPSA) is 39.7 Å². The number of hydrogen-bond acceptors (Lipinski definition) is 2. The molecule has 0 unspecified atom stereocenters. The van der Waals surface area contributed by atoms with Gasteiger partial charge < -0.3 is 15.5 Å². The van der Waals surface area contributed by atoms with Crippen molar-refractivity contribution in [3.8, 4) is 0 Å². The number of nitrogens with one attached hydrogen (secondary N) is 2. The van der Waals surface area contributed by atoms with Crippen LogP contribution in [0.3, 0.4) is 0 Å². The van der Waals surface area contributed by atoms with Crippen LogP contribution >= 0.6 is 0 Å². The number of benzene rings is 1. The Bertz CT molecular complexity index is 561. The average molecular weight is 370 g/mol. The van der Waals surface area contributed by atoms with Crippen molar-refractivity contribution in [2.24, 2.45) is 10.9 Å². The average Bonchev–Trinajstić information content (AvgIpc) is 2.61. The van der Waals surface area contributed by atoms with Crippen molar-refractivity contribution in [3.63, 3.8) is 0 Å². The molecule has 1 heterocycles. The minimum atomic E-state index is -4.28. The van der Waals surface area contributed by atoms with E-state index in [-0.39, 0.29) is 0 Å². The van der Waals surface area contributed by atoms with Gasteiger partial charge >= 0.3 is 6.18 Å². The zero-order valence-corrected chi connectivity index (χ0v) is 15.6. The molecule has 26 heavy (non-hydrogen) atoms. The fourth-order valence-corrected chi connectivity index (χ4v) is 3.15. The molecule has 0 aliphatic carbocycles. The molecule has 0 atom stereocenters. The summed E-state index contributed by atoms with van der Waals surface area (Å²) in [7, 11) is 3.89. The van der Waals surface area contributed by atoms with E-state index in [0.29, 0.717) is 13.0 Å². The number of hydrogen-bond donors (Lipinski definition) is 2. The van der Waals surface area contributed by atoms with Gasteiger partial charge in [-0.25, -0.2) is 0 Å². The second-order valence-corrected chi connectivity index (χ2v) is 6.91. The van der Waals surface area contributed by atoms with Crippen molar-refractivity contribution < 1.29 is 13.2 Å². The van der Waals surface area contributed by atoms with E-state index in [1.807, 2.05) is 0 Å². The highest BCUT2D eigenvalue weighted by Gasteiger charge is 2.29. The molecule has 1 aliphatic heterocycles. The molecular formula is C19H29F3N4. The zero-order chi connectivity index (χ0) is 19.0. The Morgan fingerprint density at radius 2 is 1.73 bits per heavy atom. The van der Waals surface area contributed by atoms with Gasteiger partial charge in [-0.2, -0.15) is 13.2 Å². The summed E-state index contributed by atoms with van der Waals surface area (Å²) in [5.41, 5.74) is 0.257. The first kappa shape index (κ1) is 20.6. The molecule has 0 spiro atoms. The second kappa shape index (κ2) is 9.80. The molecular weight excluding hydrogens is 341 g/mol. The molecule has 1 fully saturated rings. The summed E-state index contributed by atoms with van der Waals surface area (Å²) in [5.74, 6) is 1.51. The van der Waals surface area contributed by atoms with Gasteiger partial charge in [0.15, 0.2) is 5.96 Å². The second-order valence-electron chi connectivity index (χ2n) is 6.91. The van der Waals surface area contributed by atoms with Crippen molar-refractivity contribution in [3.05, 3.63) is 35.4 Å². The molecule has 0 bridgehead atoms. The van der Waals surface area contributed by atoms with Crippen LogP contribution in [0.1, 0.15) is 30.4 Å². The molecule has 1 saturated heterocycles. The van der Waals surface area contributed by atoms with Crippen LogP contribution in [0, 0.1) is 5.92 Å². The minimum absolute atomic E-state index is 0.611. The minimum Gasteiger partial charge on any atom is -0.356 e. The van der Waals surface area contributed by atoms with E-state index < -0.39 is 11.7 Å². The Morgan fingerprint density at radius 3 is 2.31 bits per heavy atom. The summed E-state index contributed by atoms with van der Waals surface area (Å²) < 4.78 is 37.7. The molecule has 0 amide bonds. The molecule has 0 radical (unpaired) electrons. The van der Waals surface area contributed by atoms with Crippen molar-refractivity contribution >= 4 is 5.96 Å². The maximum absolute atomic E-state index is 12.6. The Labute approximate surface area is 153 Å². The number of piperidine rings is 1. The van der Waals surface area contributed by atoms with Gasteiger partial charge in [-0.05, 0) is 69.4 Å². The largest absolute Gasteiger partial charge is 0.416 e. The molecule has 146 valence electrons. The van der Waals surface area contributed by atoms with Crippen LogP contribution in [0.4, 0.5) is 13.2 Å². The van der Waals surface area contributed by atoms with Gasteiger partial charge in [0.05, 0.1) is 5.56 Å². The number of likely N-dealkylation sites (tertiary alicyclic amines) is 1. The van der Waals surface area contributed by atoms with E-state index in [0.717, 1.165) is 42.5 Å². The SMILES string of the molecule is CN=C(NCCc1ccc(C(F)(F)F)cc1)NCCC1CCN(C)CC1. The molecule has 2 rings (SSSR count). The summed E-state index contributed by atoms with van der Waals surface area (Å²) in [6, 6.07) is 5.32. The van der Waals surface area contributed by atoms with Gasteiger partial charge in [-0.1, -0.05) is 12.1 Å². The van der Waals surface area contributed by atoms with E-state index in [4.69, 9.17) is 0 Å². The molecule has 2 N–H and O–H groups in total. The fraction of sp³-hybridized carbons (Fsp3) is 0.632. The highest BCUT2D eigenvalue weighted by atomic mass is 19.4. The molecule has 1 aromatic rings. The lowest BCUT2D eigenvalue weighted by molar-refractivity contribution is -0.137. The van der Waals surface area contributed by atoms with Crippen molar-refractivity contribution in [2.75, 3.05) is 40.3 Å². The predicted octanol–water partition coefficient (Wildman–Crippen LogP) is 3.14. The number of guanidine groups is 1. The number of alkyl halides is 3. The Kier molecular flexibility index (Phi) is 7.75. The number of nitrogens with zero attached hydrogens (tertiary/aromatic N) is 2. The van der Waals surface area contributed by atoms with E-state index >= 15 is 0 Å². The van der Waals surface area contributed by atoms with Crippen molar-refractivity contribution in [2.45, 2.75) is 31.9 Å². The van der Waals surface area contributed by atoms with Gasteiger partial charge in [0, 0.05) is 20.1 Å². The fourth-order valence-electron chi connectivity index (χ4n) is 3.15. The number of halogens is 3. The zero-order valence-electron chi connectivity index (χ0n) is 15.6. The number of aliphatic imine (C=N–C) groups is 1. The van der Waals surface area contributed by atoms with Crippen LogP contribution in [0.5, 0.6) is 0 Å². The van der Waals surface area contributed by atoms with Gasteiger partial charge in [0.25, 0.3) is 0 Å². The van der Waals surface area contributed by atoms with E-state index in [1.54, 1.807) is 7.05 Å². The monoisotopic (exact) mass is 370 g/mol. The standard InChI is InChI=1S/C19H29F3N4/c1-23-18(25-12-8-16-9-13-26(2)14-10-16)24-11-7-15-3-5-17(6-4-15)19(20,21)22/h3-6,16H,7-14H2,1-2H3,(H2,23,24,25). The highest BCUT2D eigenvalue weighted by Crippen LogP contribution is 2.29. The van der Waals surface area contributed by atoms with Crippen LogP contribution < -0.4 is 10.6 Å². The van der Waals surface area contributed by atoms with Crippen molar-refractivity contribution in [1.29, 1.82) is 0 Å². The van der Waals surface area contributed by atoms with Gasteiger partial charge in [-0.15, -0.1) is 0 Å². The summed E-state index contributed by atoms with van der Waals surface area (Å²) in [6.45, 7) is 3.85. The third-order valence-corrected chi connectivity index (χ3v) is 4.89. The van der Waals surface area contributed by atoms with Crippen molar-refractivity contribution in [1.82, 2.24) is 15.5 Å². The van der Waals surface area contributed by atoms with Gasteiger partial charge in [-0.3, -0.25) is 4.99 Å². The van der Waals surface area contributed by atoms with Gasteiger partial charge in [0.1, 0.15) is 0 Å². The Hall–Kier alpha value is -1.76. The first-order valence-corrected chi connectivity index (χ1v) is 9.17. The summed E-state index contributed by atoms with van der Waals surface area (Å²) >= 11 is 0. The first-order valence-electron chi connectivity index (χ1n) is 9.17. The molecule has 1 aliphatic rings. The molecule has 0 aromatic heterocycles.